The Labute approximate surface area is 122 Å². The van der Waals surface area contributed by atoms with Crippen LogP contribution >= 0.6 is 11.6 Å². The van der Waals surface area contributed by atoms with Crippen LogP contribution in [-0.4, -0.2) is 31.2 Å². The van der Waals surface area contributed by atoms with Crippen molar-refractivity contribution in [1.29, 1.82) is 5.26 Å². The molecule has 1 amide bonds. The molecule has 0 aliphatic rings. The molecule has 0 atom stereocenters. The van der Waals surface area contributed by atoms with Gasteiger partial charge in [0.1, 0.15) is 4.90 Å². The summed E-state index contributed by atoms with van der Waals surface area (Å²) < 4.78 is 25.9. The maximum Gasteiger partial charge on any atom is 0.245 e. The first-order valence-electron chi connectivity index (χ1n) is 5.70. The van der Waals surface area contributed by atoms with Crippen molar-refractivity contribution in [2.75, 3.05) is 6.54 Å². The van der Waals surface area contributed by atoms with Crippen LogP contribution < -0.4 is 5.73 Å². The van der Waals surface area contributed by atoms with Crippen molar-refractivity contribution in [3.8, 4) is 6.07 Å². The number of nitrogens with zero attached hydrogens (tertiary/aromatic N) is 2. The third kappa shape index (κ3) is 3.48. The fourth-order valence-corrected chi connectivity index (χ4v) is 3.73. The number of sulfonamides is 1. The topological polar surface area (TPSA) is 104 Å². The van der Waals surface area contributed by atoms with Gasteiger partial charge in [0.15, 0.2) is 0 Å². The van der Waals surface area contributed by atoms with Gasteiger partial charge in [-0.05, 0) is 32.0 Å². The molecule has 0 bridgehead atoms. The van der Waals surface area contributed by atoms with Crippen molar-refractivity contribution in [2.24, 2.45) is 5.73 Å². The molecular formula is C12H14ClN3O3S. The van der Waals surface area contributed by atoms with Gasteiger partial charge in [0.25, 0.3) is 0 Å². The number of rotatable bonds is 5. The lowest BCUT2D eigenvalue weighted by Gasteiger charge is -2.24. The van der Waals surface area contributed by atoms with E-state index >= 15 is 0 Å². The Bertz CT molecular complexity index is 665. The highest BCUT2D eigenvalue weighted by molar-refractivity contribution is 7.89. The summed E-state index contributed by atoms with van der Waals surface area (Å²) in [6, 6.07) is 5.26. The fourth-order valence-electron chi connectivity index (χ4n) is 1.60. The molecule has 0 saturated heterocycles. The molecule has 0 aromatic heterocycles. The number of benzene rings is 1. The Morgan fingerprint density at radius 3 is 2.50 bits per heavy atom. The van der Waals surface area contributed by atoms with Crippen LogP contribution in [0.2, 0.25) is 5.02 Å². The van der Waals surface area contributed by atoms with E-state index in [-0.39, 0.29) is 15.5 Å². The summed E-state index contributed by atoms with van der Waals surface area (Å²) in [4.78, 5) is 10.9. The molecule has 0 spiro atoms. The first kappa shape index (κ1) is 16.4. The monoisotopic (exact) mass is 315 g/mol. The van der Waals surface area contributed by atoms with E-state index in [2.05, 4.69) is 0 Å². The van der Waals surface area contributed by atoms with Gasteiger partial charge in [0.05, 0.1) is 23.2 Å². The quantitative estimate of drug-likeness (QED) is 0.878. The molecule has 0 radical (unpaired) electrons. The molecular weight excluding hydrogens is 302 g/mol. The van der Waals surface area contributed by atoms with E-state index in [0.717, 1.165) is 4.31 Å². The number of hydrogen-bond acceptors (Lipinski definition) is 4. The average Bonchev–Trinajstić information content (AvgIpc) is 2.34. The SMILES string of the molecule is CC(C)N(CC(N)=O)S(=O)(=O)c1ccc(C#N)cc1Cl. The summed E-state index contributed by atoms with van der Waals surface area (Å²) in [5.74, 6) is -0.757. The minimum absolute atomic E-state index is 0.0702. The molecule has 0 aliphatic heterocycles. The van der Waals surface area contributed by atoms with Gasteiger partial charge >= 0.3 is 0 Å². The number of hydrogen-bond donors (Lipinski definition) is 1. The molecule has 0 saturated carbocycles. The molecule has 2 N–H and O–H groups in total. The first-order valence-corrected chi connectivity index (χ1v) is 7.51. The molecule has 0 heterocycles. The lowest BCUT2D eigenvalue weighted by Crippen LogP contribution is -2.42. The highest BCUT2D eigenvalue weighted by atomic mass is 35.5. The van der Waals surface area contributed by atoms with E-state index in [1.807, 2.05) is 6.07 Å². The normalized spacial score (nSPS) is 11.6. The first-order chi connectivity index (χ1) is 9.20. The zero-order valence-corrected chi connectivity index (χ0v) is 12.6. The second kappa shape index (κ2) is 6.22. The second-order valence-corrected chi connectivity index (χ2v) is 6.63. The van der Waals surface area contributed by atoms with Crippen molar-refractivity contribution in [2.45, 2.75) is 24.8 Å². The van der Waals surface area contributed by atoms with Gasteiger partial charge in [-0.2, -0.15) is 9.57 Å². The van der Waals surface area contributed by atoms with Crippen LogP contribution in [0, 0.1) is 11.3 Å². The zero-order valence-electron chi connectivity index (χ0n) is 11.0. The summed E-state index contributed by atoms with van der Waals surface area (Å²) in [5.41, 5.74) is 5.32. The van der Waals surface area contributed by atoms with Crippen LogP contribution in [0.3, 0.4) is 0 Å². The molecule has 1 aromatic rings. The summed E-state index contributed by atoms with van der Waals surface area (Å²) in [5, 5.41) is 8.67. The largest absolute Gasteiger partial charge is 0.369 e. The third-order valence-corrected chi connectivity index (χ3v) is 5.04. The van der Waals surface area contributed by atoms with Crippen molar-refractivity contribution in [3.63, 3.8) is 0 Å². The third-order valence-electron chi connectivity index (χ3n) is 2.54. The molecule has 1 rings (SSSR count). The number of carbonyl (C=O) groups is 1. The predicted octanol–water partition coefficient (Wildman–Crippen LogP) is 1.10. The van der Waals surface area contributed by atoms with E-state index in [1.165, 1.54) is 18.2 Å². The Kier molecular flexibility index (Phi) is 5.11. The van der Waals surface area contributed by atoms with Crippen LogP contribution in [0.5, 0.6) is 0 Å². The minimum Gasteiger partial charge on any atom is -0.369 e. The highest BCUT2D eigenvalue weighted by Gasteiger charge is 2.30. The molecule has 108 valence electrons. The molecule has 8 heteroatoms. The Morgan fingerprint density at radius 2 is 2.10 bits per heavy atom. The van der Waals surface area contributed by atoms with Crippen molar-refractivity contribution in [1.82, 2.24) is 4.31 Å². The number of amides is 1. The standard InChI is InChI=1S/C12H14ClN3O3S/c1-8(2)16(7-12(15)17)20(18,19)11-4-3-9(6-14)5-10(11)13/h3-5,8H,7H2,1-2H3,(H2,15,17). The number of primary amides is 1. The fraction of sp³-hybridized carbons (Fsp3) is 0.333. The summed E-state index contributed by atoms with van der Waals surface area (Å²) in [7, 11) is -3.96. The molecule has 0 fully saturated rings. The van der Waals surface area contributed by atoms with Crippen LogP contribution in [-0.2, 0) is 14.8 Å². The van der Waals surface area contributed by atoms with Crippen LogP contribution in [0.25, 0.3) is 0 Å². The lowest BCUT2D eigenvalue weighted by molar-refractivity contribution is -0.118. The van der Waals surface area contributed by atoms with Gasteiger partial charge in [-0.25, -0.2) is 8.42 Å². The predicted molar refractivity (Wildman–Crippen MR) is 74.4 cm³/mol. The number of nitrogens with two attached hydrogens (primary N) is 1. The van der Waals surface area contributed by atoms with Crippen molar-refractivity contribution >= 4 is 27.5 Å². The number of carbonyl (C=O) groups excluding carboxylic acids is 1. The molecule has 1 aromatic carbocycles. The van der Waals surface area contributed by atoms with Gasteiger partial charge in [-0.3, -0.25) is 4.79 Å². The Hall–Kier alpha value is -1.62. The lowest BCUT2D eigenvalue weighted by atomic mass is 10.2. The van der Waals surface area contributed by atoms with Crippen LogP contribution in [0.4, 0.5) is 0 Å². The van der Waals surface area contributed by atoms with Gasteiger partial charge in [0.2, 0.25) is 15.9 Å². The van der Waals surface area contributed by atoms with Crippen molar-refractivity contribution < 1.29 is 13.2 Å². The van der Waals surface area contributed by atoms with Gasteiger partial charge in [-0.15, -0.1) is 0 Å². The maximum atomic E-state index is 12.5. The summed E-state index contributed by atoms with van der Waals surface area (Å²) >= 11 is 5.90. The summed E-state index contributed by atoms with van der Waals surface area (Å²) in [6.07, 6.45) is 0. The average molecular weight is 316 g/mol. The highest BCUT2D eigenvalue weighted by Crippen LogP contribution is 2.26. The van der Waals surface area contributed by atoms with E-state index < -0.39 is 28.5 Å². The van der Waals surface area contributed by atoms with Crippen molar-refractivity contribution in [3.05, 3.63) is 28.8 Å². The number of halogens is 1. The maximum absolute atomic E-state index is 12.5. The van der Waals surface area contributed by atoms with Crippen LogP contribution in [0.1, 0.15) is 19.4 Å². The van der Waals surface area contributed by atoms with Crippen LogP contribution in [0.15, 0.2) is 23.1 Å². The Morgan fingerprint density at radius 1 is 1.50 bits per heavy atom. The molecule has 20 heavy (non-hydrogen) atoms. The smallest absolute Gasteiger partial charge is 0.245 e. The van der Waals surface area contributed by atoms with E-state index in [1.54, 1.807) is 13.8 Å². The van der Waals surface area contributed by atoms with E-state index in [9.17, 15) is 13.2 Å². The van der Waals surface area contributed by atoms with E-state index in [4.69, 9.17) is 22.6 Å². The van der Waals surface area contributed by atoms with Gasteiger partial charge in [0, 0.05) is 6.04 Å². The van der Waals surface area contributed by atoms with Gasteiger partial charge in [-0.1, -0.05) is 11.6 Å². The molecule has 6 nitrogen and oxygen atoms in total. The summed E-state index contributed by atoms with van der Waals surface area (Å²) in [6.45, 7) is 2.81. The minimum atomic E-state index is -3.96. The van der Waals surface area contributed by atoms with E-state index in [0.29, 0.717) is 0 Å². The molecule has 0 unspecified atom stereocenters. The second-order valence-electron chi connectivity index (χ2n) is 4.37. The van der Waals surface area contributed by atoms with Gasteiger partial charge < -0.3 is 5.73 Å². The molecule has 0 aliphatic carbocycles. The number of nitriles is 1. The Balaban J connectivity index is 3.34. The zero-order chi connectivity index (χ0) is 15.5.